The molecule has 1 heterocycles. The molecule has 17 heavy (non-hydrogen) atoms. The predicted molar refractivity (Wildman–Crippen MR) is 71.1 cm³/mol. The zero-order chi connectivity index (χ0) is 12.4. The number of nitrogen functional groups attached to an aromatic ring is 1. The molecule has 90 valence electrons. The van der Waals surface area contributed by atoms with Gasteiger partial charge < -0.3 is 10.6 Å². The van der Waals surface area contributed by atoms with Crippen LogP contribution in [0.4, 0.5) is 11.4 Å². The molecule has 0 bridgehead atoms. The average molecular weight is 251 g/mol. The largest absolute Gasteiger partial charge is 0.399 e. The van der Waals surface area contributed by atoms with Crippen LogP contribution in [0.1, 0.15) is 18.9 Å². The number of nitrogens with two attached hydrogens (primary N) is 1. The summed E-state index contributed by atoms with van der Waals surface area (Å²) in [6, 6.07) is 5.67. The lowest BCUT2D eigenvalue weighted by atomic mass is 10.00. The summed E-state index contributed by atoms with van der Waals surface area (Å²) in [5.41, 5.74) is 11.1. The van der Waals surface area contributed by atoms with Crippen molar-refractivity contribution < 1.29 is 4.79 Å². The average Bonchev–Trinajstić information content (AvgIpc) is 2.32. The van der Waals surface area contributed by atoms with E-state index < -0.39 is 0 Å². The van der Waals surface area contributed by atoms with Crippen molar-refractivity contribution in [3.05, 3.63) is 34.9 Å². The number of carbonyl (C=O) groups excluding carboxylic acids is 1. The molecule has 1 aliphatic heterocycles. The van der Waals surface area contributed by atoms with Gasteiger partial charge in [0.05, 0.1) is 0 Å². The van der Waals surface area contributed by atoms with E-state index in [2.05, 4.69) is 0 Å². The zero-order valence-electron chi connectivity index (χ0n) is 9.74. The van der Waals surface area contributed by atoms with Gasteiger partial charge in [0.25, 0.3) is 0 Å². The third-order valence-electron chi connectivity index (χ3n) is 2.90. The molecule has 0 radical (unpaired) electrons. The van der Waals surface area contributed by atoms with Gasteiger partial charge in [0.15, 0.2) is 0 Å². The van der Waals surface area contributed by atoms with Crippen molar-refractivity contribution >= 4 is 28.9 Å². The molecule has 2 rings (SSSR count). The molecule has 0 saturated heterocycles. The summed E-state index contributed by atoms with van der Waals surface area (Å²) >= 11 is 5.65. The first-order valence-electron chi connectivity index (χ1n) is 5.56. The number of halogens is 1. The van der Waals surface area contributed by atoms with E-state index >= 15 is 0 Å². The molecular formula is C13H15ClN2O. The van der Waals surface area contributed by atoms with Crippen molar-refractivity contribution in [2.75, 3.05) is 17.2 Å². The highest BCUT2D eigenvalue weighted by Gasteiger charge is 2.23. The summed E-state index contributed by atoms with van der Waals surface area (Å²) < 4.78 is 0. The quantitative estimate of drug-likeness (QED) is 0.821. The molecule has 0 fully saturated rings. The molecule has 2 N–H and O–H groups in total. The number of anilines is 2. The minimum absolute atomic E-state index is 0.139. The van der Waals surface area contributed by atoms with Crippen LogP contribution in [-0.2, 0) is 11.2 Å². The highest BCUT2D eigenvalue weighted by atomic mass is 35.5. The maximum Gasteiger partial charge on any atom is 0.227 e. The molecule has 0 spiro atoms. The normalized spacial score (nSPS) is 16.0. The molecule has 0 unspecified atom stereocenters. The van der Waals surface area contributed by atoms with E-state index in [1.165, 1.54) is 5.54 Å². The number of fused-ring (bicyclic) bond motifs is 1. The number of rotatable bonds is 2. The van der Waals surface area contributed by atoms with Crippen molar-refractivity contribution in [2.45, 2.75) is 19.8 Å². The minimum atomic E-state index is 0.139. The predicted octanol–water partition coefficient (Wildman–Crippen LogP) is 2.69. The maximum atomic E-state index is 11.9. The van der Waals surface area contributed by atoms with E-state index in [1.807, 2.05) is 25.1 Å². The summed E-state index contributed by atoms with van der Waals surface area (Å²) in [6.45, 7) is 2.45. The van der Waals surface area contributed by atoms with Gasteiger partial charge >= 0.3 is 0 Å². The van der Waals surface area contributed by atoms with Gasteiger partial charge in [0.1, 0.15) is 0 Å². The van der Waals surface area contributed by atoms with Gasteiger partial charge in [-0.3, -0.25) is 4.79 Å². The second kappa shape index (κ2) is 4.80. The fourth-order valence-electron chi connectivity index (χ4n) is 2.04. The van der Waals surface area contributed by atoms with E-state index in [1.54, 1.807) is 4.90 Å². The molecular weight excluding hydrogens is 236 g/mol. The van der Waals surface area contributed by atoms with Crippen LogP contribution in [0.5, 0.6) is 0 Å². The lowest BCUT2D eigenvalue weighted by molar-refractivity contribution is -0.118. The fraction of sp³-hybridized carbons (Fsp3) is 0.308. The molecule has 0 aliphatic carbocycles. The number of benzene rings is 1. The Hall–Kier alpha value is -1.48. The number of carbonyl (C=O) groups is 1. The van der Waals surface area contributed by atoms with Crippen LogP contribution in [0.25, 0.3) is 0 Å². The number of hydrogen-bond donors (Lipinski definition) is 1. The second-order valence-corrected chi connectivity index (χ2v) is 4.54. The summed E-state index contributed by atoms with van der Waals surface area (Å²) in [6.07, 6.45) is 1.30. The Bertz CT molecular complexity index is 482. The molecule has 1 amide bonds. The standard InChI is InChI=1S/C13H15ClN2O/c1-9(7-14)8-16-12-4-3-11(15)6-10(12)2-5-13(16)17/h3-4,6-7H,2,5,8,15H2,1H3/b9-7-. The van der Waals surface area contributed by atoms with Crippen molar-refractivity contribution in [1.82, 2.24) is 0 Å². The lowest BCUT2D eigenvalue weighted by Gasteiger charge is -2.29. The van der Waals surface area contributed by atoms with E-state index in [4.69, 9.17) is 17.3 Å². The minimum Gasteiger partial charge on any atom is -0.399 e. The van der Waals surface area contributed by atoms with Gasteiger partial charge in [-0.2, -0.15) is 0 Å². The summed E-state index contributed by atoms with van der Waals surface area (Å²) in [5.74, 6) is 0.139. The third-order valence-corrected chi connectivity index (χ3v) is 3.27. The highest BCUT2D eigenvalue weighted by Crippen LogP contribution is 2.30. The number of hydrogen-bond acceptors (Lipinski definition) is 2. The van der Waals surface area contributed by atoms with Gasteiger partial charge in [-0.25, -0.2) is 0 Å². The molecule has 0 atom stereocenters. The number of amides is 1. The second-order valence-electron chi connectivity index (χ2n) is 4.32. The third kappa shape index (κ3) is 2.44. The topological polar surface area (TPSA) is 46.3 Å². The summed E-state index contributed by atoms with van der Waals surface area (Å²) in [4.78, 5) is 13.7. The molecule has 0 saturated carbocycles. The van der Waals surface area contributed by atoms with Gasteiger partial charge in [0.2, 0.25) is 5.91 Å². The smallest absolute Gasteiger partial charge is 0.227 e. The monoisotopic (exact) mass is 250 g/mol. The van der Waals surface area contributed by atoms with E-state index in [9.17, 15) is 4.79 Å². The van der Waals surface area contributed by atoms with Crippen LogP contribution in [0.3, 0.4) is 0 Å². The van der Waals surface area contributed by atoms with Crippen LogP contribution in [0.15, 0.2) is 29.3 Å². The van der Waals surface area contributed by atoms with Crippen LogP contribution in [-0.4, -0.2) is 12.5 Å². The summed E-state index contributed by atoms with van der Waals surface area (Å²) in [7, 11) is 0. The van der Waals surface area contributed by atoms with Gasteiger partial charge in [-0.05, 0) is 42.7 Å². The Kier molecular flexibility index (Phi) is 3.38. The first kappa shape index (κ1) is 12.0. The maximum absolute atomic E-state index is 11.9. The SMILES string of the molecule is C/C(=C/Cl)CN1C(=O)CCc2cc(N)ccc21. The van der Waals surface area contributed by atoms with Crippen molar-refractivity contribution in [1.29, 1.82) is 0 Å². The summed E-state index contributed by atoms with van der Waals surface area (Å²) in [5, 5.41) is 0. The molecule has 1 aromatic rings. The zero-order valence-corrected chi connectivity index (χ0v) is 10.5. The fourth-order valence-corrected chi connectivity index (χ4v) is 2.11. The Labute approximate surface area is 106 Å². The van der Waals surface area contributed by atoms with Gasteiger partial charge in [-0.15, -0.1) is 0 Å². The van der Waals surface area contributed by atoms with E-state index in [0.717, 1.165) is 28.9 Å². The molecule has 4 heteroatoms. The van der Waals surface area contributed by atoms with E-state index in [-0.39, 0.29) is 5.91 Å². The van der Waals surface area contributed by atoms with Crippen molar-refractivity contribution in [3.8, 4) is 0 Å². The van der Waals surface area contributed by atoms with Gasteiger partial charge in [0, 0.05) is 29.9 Å². The first-order valence-corrected chi connectivity index (χ1v) is 6.00. The van der Waals surface area contributed by atoms with Crippen molar-refractivity contribution in [3.63, 3.8) is 0 Å². The molecule has 3 nitrogen and oxygen atoms in total. The molecule has 1 aliphatic rings. The van der Waals surface area contributed by atoms with Crippen LogP contribution in [0, 0.1) is 0 Å². The number of aryl methyl sites for hydroxylation is 1. The van der Waals surface area contributed by atoms with Crippen molar-refractivity contribution in [2.24, 2.45) is 0 Å². The number of nitrogens with zero attached hydrogens (tertiary/aromatic N) is 1. The Morgan fingerprint density at radius 2 is 2.29 bits per heavy atom. The van der Waals surface area contributed by atoms with Crippen LogP contribution in [0.2, 0.25) is 0 Å². The Balaban J connectivity index is 2.36. The molecule has 0 aromatic heterocycles. The van der Waals surface area contributed by atoms with Crippen LogP contribution < -0.4 is 10.6 Å². The first-order chi connectivity index (χ1) is 8.11. The Morgan fingerprint density at radius 3 is 3.00 bits per heavy atom. The highest BCUT2D eigenvalue weighted by molar-refractivity contribution is 6.25. The Morgan fingerprint density at radius 1 is 1.53 bits per heavy atom. The van der Waals surface area contributed by atoms with Gasteiger partial charge in [-0.1, -0.05) is 11.6 Å². The van der Waals surface area contributed by atoms with E-state index in [0.29, 0.717) is 13.0 Å². The molecule has 1 aromatic carbocycles. The van der Waals surface area contributed by atoms with Crippen LogP contribution >= 0.6 is 11.6 Å². The lowest BCUT2D eigenvalue weighted by Crippen LogP contribution is -2.36.